The molecule has 3 aromatic rings. The van der Waals surface area contributed by atoms with Gasteiger partial charge in [-0.1, -0.05) is 0 Å². The maximum absolute atomic E-state index is 12.8. The molecule has 23 heavy (non-hydrogen) atoms. The van der Waals surface area contributed by atoms with Gasteiger partial charge in [-0.3, -0.25) is 9.88 Å². The lowest BCUT2D eigenvalue weighted by atomic mass is 10.3. The van der Waals surface area contributed by atoms with Crippen LogP contribution in [0.2, 0.25) is 0 Å². The van der Waals surface area contributed by atoms with Gasteiger partial charge < -0.3 is 5.32 Å². The maximum atomic E-state index is 12.8. The van der Waals surface area contributed by atoms with Crippen LogP contribution in [0, 0.1) is 12.7 Å². The molecule has 0 spiro atoms. The molecule has 7 nitrogen and oxygen atoms in total. The van der Waals surface area contributed by atoms with E-state index in [0.717, 1.165) is 5.82 Å². The van der Waals surface area contributed by atoms with E-state index in [4.69, 9.17) is 0 Å². The van der Waals surface area contributed by atoms with Crippen LogP contribution in [0.25, 0.3) is 5.82 Å². The minimum atomic E-state index is -0.483. The summed E-state index contributed by atoms with van der Waals surface area (Å²) in [5.41, 5.74) is 0.476. The summed E-state index contributed by atoms with van der Waals surface area (Å²) in [7, 11) is 0. The quantitative estimate of drug-likeness (QED) is 0.779. The molecule has 3 rings (SSSR count). The Kier molecular flexibility index (Phi) is 3.96. The summed E-state index contributed by atoms with van der Waals surface area (Å²) >= 11 is 0. The average Bonchev–Trinajstić information content (AvgIpc) is 2.96. The monoisotopic (exact) mass is 312 g/mol. The Morgan fingerprint density at radius 1 is 1.13 bits per heavy atom. The normalized spacial score (nSPS) is 10.3. The summed E-state index contributed by atoms with van der Waals surface area (Å²) in [5, 5.41) is 5.19. The van der Waals surface area contributed by atoms with Gasteiger partial charge in [0.15, 0.2) is 0 Å². The zero-order valence-corrected chi connectivity index (χ0v) is 12.2. The lowest BCUT2D eigenvalue weighted by Gasteiger charge is -2.08. The Morgan fingerprint density at radius 2 is 1.91 bits per heavy atom. The van der Waals surface area contributed by atoms with Gasteiger partial charge >= 0.3 is 6.03 Å². The zero-order chi connectivity index (χ0) is 16.2. The number of imidazole rings is 1. The molecule has 0 radical (unpaired) electrons. The Morgan fingerprint density at radius 3 is 2.61 bits per heavy atom. The number of anilines is 2. The topological polar surface area (TPSA) is 84.7 Å². The second kappa shape index (κ2) is 6.22. The lowest BCUT2D eigenvalue weighted by molar-refractivity contribution is 0.262. The molecule has 0 unspecified atom stereocenters. The summed E-state index contributed by atoms with van der Waals surface area (Å²) in [6.45, 7) is 1.84. The fraction of sp³-hybridized carbons (Fsp3) is 0.0667. The molecule has 0 atom stereocenters. The van der Waals surface area contributed by atoms with Crippen LogP contribution in [0.4, 0.5) is 20.7 Å². The number of nitrogens with zero attached hydrogens (tertiary/aromatic N) is 4. The molecule has 0 saturated heterocycles. The number of aromatic nitrogens is 4. The van der Waals surface area contributed by atoms with Crippen LogP contribution in [0.15, 0.2) is 49.1 Å². The number of carbonyl (C=O) groups is 1. The molecule has 2 aromatic heterocycles. The van der Waals surface area contributed by atoms with Crippen molar-refractivity contribution >= 4 is 17.5 Å². The lowest BCUT2D eigenvalue weighted by Crippen LogP contribution is -2.20. The molecule has 0 aliphatic carbocycles. The molecule has 2 N–H and O–H groups in total. The smallest absolute Gasteiger partial charge is 0.308 e. The van der Waals surface area contributed by atoms with E-state index in [1.54, 1.807) is 23.0 Å². The maximum Gasteiger partial charge on any atom is 0.324 e. The fourth-order valence-corrected chi connectivity index (χ4v) is 1.98. The van der Waals surface area contributed by atoms with Crippen LogP contribution in [-0.2, 0) is 0 Å². The molecule has 0 aliphatic rings. The Labute approximate surface area is 131 Å². The van der Waals surface area contributed by atoms with E-state index in [1.165, 1.54) is 30.6 Å². The number of benzene rings is 1. The van der Waals surface area contributed by atoms with Crippen LogP contribution in [-0.4, -0.2) is 25.6 Å². The summed E-state index contributed by atoms with van der Waals surface area (Å²) in [4.78, 5) is 24.2. The molecule has 116 valence electrons. The van der Waals surface area contributed by atoms with Gasteiger partial charge in [0, 0.05) is 24.1 Å². The average molecular weight is 312 g/mol. The van der Waals surface area contributed by atoms with E-state index in [1.807, 2.05) is 6.92 Å². The first-order valence-electron chi connectivity index (χ1n) is 6.78. The van der Waals surface area contributed by atoms with Crippen molar-refractivity contribution in [1.82, 2.24) is 19.5 Å². The molecule has 0 fully saturated rings. The molecule has 2 heterocycles. The third-order valence-electron chi connectivity index (χ3n) is 3.07. The van der Waals surface area contributed by atoms with Crippen LogP contribution in [0.5, 0.6) is 0 Å². The molecule has 0 aliphatic heterocycles. The van der Waals surface area contributed by atoms with E-state index >= 15 is 0 Å². The van der Waals surface area contributed by atoms with Gasteiger partial charge in [-0.2, -0.15) is 0 Å². The first-order valence-corrected chi connectivity index (χ1v) is 6.78. The van der Waals surface area contributed by atoms with Crippen molar-refractivity contribution in [2.75, 3.05) is 10.6 Å². The molecule has 2 amide bonds. The number of hydrogen-bond donors (Lipinski definition) is 2. The highest BCUT2D eigenvalue weighted by atomic mass is 19.1. The van der Waals surface area contributed by atoms with Crippen molar-refractivity contribution in [3.8, 4) is 5.82 Å². The first-order chi connectivity index (χ1) is 11.1. The third kappa shape index (κ3) is 3.49. The molecular weight excluding hydrogens is 299 g/mol. The van der Waals surface area contributed by atoms with Crippen LogP contribution in [0.1, 0.15) is 5.82 Å². The van der Waals surface area contributed by atoms with Gasteiger partial charge in [-0.05, 0) is 31.2 Å². The first kappa shape index (κ1) is 14.6. The van der Waals surface area contributed by atoms with Crippen molar-refractivity contribution in [3.63, 3.8) is 0 Å². The number of amides is 2. The van der Waals surface area contributed by atoms with Crippen LogP contribution < -0.4 is 10.6 Å². The SMILES string of the molecule is Cc1nccn1-c1cc(NC(=O)Nc2ccc(F)cc2)ncn1. The van der Waals surface area contributed by atoms with Gasteiger partial charge in [0.05, 0.1) is 0 Å². The van der Waals surface area contributed by atoms with Gasteiger partial charge in [0.2, 0.25) is 0 Å². The molecular formula is C15H13FN6O. The summed E-state index contributed by atoms with van der Waals surface area (Å²) in [5.74, 6) is 1.33. The molecule has 0 bridgehead atoms. The molecule has 0 saturated carbocycles. The summed E-state index contributed by atoms with van der Waals surface area (Å²) < 4.78 is 14.6. The Hall–Kier alpha value is -3.29. The van der Waals surface area contributed by atoms with Gasteiger partial charge in [-0.15, -0.1) is 0 Å². The number of aryl methyl sites for hydroxylation is 1. The number of rotatable bonds is 3. The van der Waals surface area contributed by atoms with E-state index < -0.39 is 6.03 Å². The van der Waals surface area contributed by atoms with Gasteiger partial charge in [-0.25, -0.2) is 24.1 Å². The number of hydrogen-bond acceptors (Lipinski definition) is 4. The Bertz CT molecular complexity index is 830. The molecule has 1 aromatic carbocycles. The van der Waals surface area contributed by atoms with Crippen molar-refractivity contribution in [2.24, 2.45) is 0 Å². The van der Waals surface area contributed by atoms with Crippen LogP contribution >= 0.6 is 0 Å². The predicted octanol–water partition coefficient (Wildman–Crippen LogP) is 2.75. The van der Waals surface area contributed by atoms with E-state index in [9.17, 15) is 9.18 Å². The summed E-state index contributed by atoms with van der Waals surface area (Å²) in [6, 6.07) is 6.60. The largest absolute Gasteiger partial charge is 0.324 e. The highest BCUT2D eigenvalue weighted by Gasteiger charge is 2.07. The second-order valence-electron chi connectivity index (χ2n) is 4.69. The zero-order valence-electron chi connectivity index (χ0n) is 12.2. The highest BCUT2D eigenvalue weighted by molar-refractivity contribution is 5.99. The minimum Gasteiger partial charge on any atom is -0.308 e. The van der Waals surface area contributed by atoms with E-state index in [0.29, 0.717) is 17.3 Å². The predicted molar refractivity (Wildman–Crippen MR) is 82.9 cm³/mol. The number of carbonyl (C=O) groups excluding carboxylic acids is 1. The van der Waals surface area contributed by atoms with Crippen molar-refractivity contribution in [3.05, 3.63) is 60.7 Å². The number of halogens is 1. The third-order valence-corrected chi connectivity index (χ3v) is 3.07. The van der Waals surface area contributed by atoms with Crippen molar-refractivity contribution < 1.29 is 9.18 Å². The van der Waals surface area contributed by atoms with Gasteiger partial charge in [0.1, 0.15) is 29.6 Å². The highest BCUT2D eigenvalue weighted by Crippen LogP contribution is 2.12. The number of urea groups is 1. The van der Waals surface area contributed by atoms with Gasteiger partial charge in [0.25, 0.3) is 0 Å². The van der Waals surface area contributed by atoms with Crippen LogP contribution in [0.3, 0.4) is 0 Å². The van der Waals surface area contributed by atoms with E-state index in [2.05, 4.69) is 25.6 Å². The fourth-order valence-electron chi connectivity index (χ4n) is 1.98. The van der Waals surface area contributed by atoms with E-state index in [-0.39, 0.29) is 5.82 Å². The standard InChI is InChI=1S/C15H13FN6O/c1-10-17-6-7-22(10)14-8-13(18-9-19-14)21-15(23)20-12-4-2-11(16)3-5-12/h2-9H,1H3,(H2,18,19,20,21,23). The number of nitrogens with one attached hydrogen (secondary N) is 2. The second-order valence-corrected chi connectivity index (χ2v) is 4.69. The van der Waals surface area contributed by atoms with Crippen molar-refractivity contribution in [1.29, 1.82) is 0 Å². The molecule has 8 heteroatoms. The Balaban J connectivity index is 1.71. The minimum absolute atomic E-state index is 0.336. The summed E-state index contributed by atoms with van der Waals surface area (Å²) in [6.07, 6.45) is 4.77. The van der Waals surface area contributed by atoms with Crippen molar-refractivity contribution in [2.45, 2.75) is 6.92 Å².